The molecule has 0 bridgehead atoms. The van der Waals surface area contributed by atoms with Crippen molar-refractivity contribution in [3.63, 3.8) is 0 Å². The van der Waals surface area contributed by atoms with Crippen molar-refractivity contribution in [2.24, 2.45) is 0 Å². The van der Waals surface area contributed by atoms with E-state index in [1.807, 2.05) is 6.07 Å². The molecular formula is C14H14ClIN2O2S. The third-order valence-electron chi connectivity index (χ3n) is 2.80. The quantitative estimate of drug-likeness (QED) is 0.706. The van der Waals surface area contributed by atoms with Crippen LogP contribution in [-0.2, 0) is 16.6 Å². The van der Waals surface area contributed by atoms with Crippen molar-refractivity contribution in [3.8, 4) is 0 Å². The summed E-state index contributed by atoms with van der Waals surface area (Å²) in [7, 11) is -1.91. The molecule has 0 spiro atoms. The molecule has 21 heavy (non-hydrogen) atoms. The lowest BCUT2D eigenvalue weighted by atomic mass is 10.2. The van der Waals surface area contributed by atoms with Crippen LogP contribution in [0.25, 0.3) is 0 Å². The lowest BCUT2D eigenvalue weighted by molar-refractivity contribution is 0.599. The van der Waals surface area contributed by atoms with E-state index in [4.69, 9.17) is 11.6 Å². The number of anilines is 1. The number of halogens is 2. The Bertz CT molecular complexity index is 750. The summed E-state index contributed by atoms with van der Waals surface area (Å²) in [5, 5.41) is 3.33. The largest absolute Gasteiger partial charge is 0.316 e. The first kappa shape index (κ1) is 16.5. The van der Waals surface area contributed by atoms with Gasteiger partial charge in [-0.3, -0.25) is 4.72 Å². The minimum Gasteiger partial charge on any atom is -0.316 e. The second-order valence-electron chi connectivity index (χ2n) is 4.37. The zero-order valence-corrected chi connectivity index (χ0v) is 15.0. The van der Waals surface area contributed by atoms with Gasteiger partial charge in [0.1, 0.15) is 0 Å². The number of rotatable bonds is 5. The SMILES string of the molecule is CNCc1ccccc1S(=O)(=O)Nc1ccc(I)cc1Cl. The molecule has 0 fully saturated rings. The molecule has 0 aliphatic heterocycles. The average Bonchev–Trinajstić information content (AvgIpc) is 2.43. The van der Waals surface area contributed by atoms with Gasteiger partial charge in [0.15, 0.2) is 0 Å². The van der Waals surface area contributed by atoms with Crippen LogP contribution in [0, 0.1) is 3.57 Å². The van der Waals surface area contributed by atoms with Crippen LogP contribution >= 0.6 is 34.2 Å². The van der Waals surface area contributed by atoms with E-state index in [1.165, 1.54) is 0 Å². The Labute approximate surface area is 143 Å². The Morgan fingerprint density at radius 3 is 2.57 bits per heavy atom. The molecule has 0 radical (unpaired) electrons. The van der Waals surface area contributed by atoms with Gasteiger partial charge < -0.3 is 5.32 Å². The standard InChI is InChI=1S/C14H14ClIN2O2S/c1-17-9-10-4-2-3-5-14(10)21(19,20)18-13-7-6-11(16)8-12(13)15/h2-8,17-18H,9H2,1H3. The summed E-state index contributed by atoms with van der Waals surface area (Å²) in [4.78, 5) is 0.244. The summed E-state index contributed by atoms with van der Waals surface area (Å²) in [6.07, 6.45) is 0. The summed E-state index contributed by atoms with van der Waals surface area (Å²) in [6.45, 7) is 0.470. The second-order valence-corrected chi connectivity index (χ2v) is 7.67. The molecule has 2 N–H and O–H groups in total. The summed E-state index contributed by atoms with van der Waals surface area (Å²) in [5.74, 6) is 0. The minimum absolute atomic E-state index is 0.244. The van der Waals surface area contributed by atoms with Crippen LogP contribution in [0.15, 0.2) is 47.4 Å². The van der Waals surface area contributed by atoms with Crippen LogP contribution in [0.3, 0.4) is 0 Å². The van der Waals surface area contributed by atoms with Crippen molar-refractivity contribution >= 4 is 49.9 Å². The highest BCUT2D eigenvalue weighted by Crippen LogP contribution is 2.27. The van der Waals surface area contributed by atoms with Crippen molar-refractivity contribution < 1.29 is 8.42 Å². The Morgan fingerprint density at radius 1 is 1.19 bits per heavy atom. The Hall–Kier alpha value is -0.830. The molecule has 0 aliphatic carbocycles. The number of benzene rings is 2. The number of sulfonamides is 1. The Morgan fingerprint density at radius 2 is 1.90 bits per heavy atom. The summed E-state index contributed by atoms with van der Waals surface area (Å²) >= 11 is 8.20. The molecule has 2 aromatic rings. The molecule has 0 unspecified atom stereocenters. The first-order valence-electron chi connectivity index (χ1n) is 6.14. The van der Waals surface area contributed by atoms with Gasteiger partial charge >= 0.3 is 0 Å². The lowest BCUT2D eigenvalue weighted by Crippen LogP contribution is -2.17. The Kier molecular flexibility index (Phi) is 5.48. The fourth-order valence-corrected chi connectivity index (χ4v) is 4.15. The number of hydrogen-bond donors (Lipinski definition) is 2. The zero-order chi connectivity index (χ0) is 15.5. The number of hydrogen-bond acceptors (Lipinski definition) is 3. The molecule has 0 saturated heterocycles. The molecule has 0 aliphatic rings. The summed E-state index contributed by atoms with van der Waals surface area (Å²) in [5.41, 5.74) is 1.07. The lowest BCUT2D eigenvalue weighted by Gasteiger charge is -2.13. The average molecular weight is 437 g/mol. The van der Waals surface area contributed by atoms with Crippen molar-refractivity contribution in [1.29, 1.82) is 0 Å². The molecule has 0 saturated carbocycles. The van der Waals surface area contributed by atoms with Gasteiger partial charge in [-0.1, -0.05) is 29.8 Å². The third-order valence-corrected chi connectivity index (χ3v) is 5.25. The van der Waals surface area contributed by atoms with E-state index in [-0.39, 0.29) is 4.90 Å². The maximum atomic E-state index is 12.5. The fourth-order valence-electron chi connectivity index (χ4n) is 1.87. The van der Waals surface area contributed by atoms with Gasteiger partial charge in [-0.05, 0) is 59.5 Å². The monoisotopic (exact) mass is 436 g/mol. The van der Waals surface area contributed by atoms with E-state index in [0.717, 1.165) is 3.57 Å². The second kappa shape index (κ2) is 6.95. The number of nitrogens with one attached hydrogen (secondary N) is 2. The van der Waals surface area contributed by atoms with Gasteiger partial charge in [0.05, 0.1) is 15.6 Å². The Balaban J connectivity index is 2.39. The van der Waals surface area contributed by atoms with Gasteiger partial charge in [-0.25, -0.2) is 8.42 Å². The van der Waals surface area contributed by atoms with Crippen LogP contribution in [0.4, 0.5) is 5.69 Å². The van der Waals surface area contributed by atoms with Gasteiger partial charge in [0, 0.05) is 10.1 Å². The predicted molar refractivity (Wildman–Crippen MR) is 94.2 cm³/mol. The van der Waals surface area contributed by atoms with Crippen molar-refractivity contribution in [1.82, 2.24) is 5.32 Å². The molecule has 2 aromatic carbocycles. The molecular weight excluding hydrogens is 423 g/mol. The highest BCUT2D eigenvalue weighted by Gasteiger charge is 2.19. The molecule has 2 rings (SSSR count). The highest BCUT2D eigenvalue weighted by molar-refractivity contribution is 14.1. The summed E-state index contributed by atoms with van der Waals surface area (Å²) < 4.78 is 28.5. The van der Waals surface area contributed by atoms with E-state index in [9.17, 15) is 8.42 Å². The van der Waals surface area contributed by atoms with E-state index in [0.29, 0.717) is 22.8 Å². The fraction of sp³-hybridized carbons (Fsp3) is 0.143. The maximum Gasteiger partial charge on any atom is 0.262 e. The zero-order valence-electron chi connectivity index (χ0n) is 11.2. The molecule has 4 nitrogen and oxygen atoms in total. The molecule has 0 heterocycles. The van der Waals surface area contributed by atoms with Crippen molar-refractivity contribution in [3.05, 3.63) is 56.6 Å². The van der Waals surface area contributed by atoms with Gasteiger partial charge in [-0.2, -0.15) is 0 Å². The maximum absolute atomic E-state index is 12.5. The molecule has 0 amide bonds. The third kappa shape index (κ3) is 4.09. The first-order valence-corrected chi connectivity index (χ1v) is 9.08. The van der Waals surface area contributed by atoms with Crippen LogP contribution < -0.4 is 10.0 Å². The van der Waals surface area contributed by atoms with Gasteiger partial charge in [0.2, 0.25) is 0 Å². The molecule has 0 aromatic heterocycles. The topological polar surface area (TPSA) is 58.2 Å². The van der Waals surface area contributed by atoms with E-state index >= 15 is 0 Å². The van der Waals surface area contributed by atoms with E-state index in [2.05, 4.69) is 32.6 Å². The van der Waals surface area contributed by atoms with Crippen LogP contribution in [0.1, 0.15) is 5.56 Å². The van der Waals surface area contributed by atoms with Crippen LogP contribution in [0.2, 0.25) is 5.02 Å². The highest BCUT2D eigenvalue weighted by atomic mass is 127. The molecule has 7 heteroatoms. The smallest absolute Gasteiger partial charge is 0.262 e. The van der Waals surface area contributed by atoms with E-state index in [1.54, 1.807) is 43.4 Å². The van der Waals surface area contributed by atoms with Crippen molar-refractivity contribution in [2.45, 2.75) is 11.4 Å². The van der Waals surface area contributed by atoms with Crippen LogP contribution in [-0.4, -0.2) is 15.5 Å². The first-order chi connectivity index (χ1) is 9.94. The molecule has 112 valence electrons. The normalized spacial score (nSPS) is 11.4. The predicted octanol–water partition coefficient (Wildman–Crippen LogP) is 3.46. The van der Waals surface area contributed by atoms with Crippen molar-refractivity contribution in [2.75, 3.05) is 11.8 Å². The minimum atomic E-state index is -3.68. The van der Waals surface area contributed by atoms with E-state index < -0.39 is 10.0 Å². The summed E-state index contributed by atoms with van der Waals surface area (Å²) in [6, 6.07) is 12.0. The van der Waals surface area contributed by atoms with Crippen LogP contribution in [0.5, 0.6) is 0 Å². The van der Waals surface area contributed by atoms with Gasteiger partial charge in [0.25, 0.3) is 10.0 Å². The molecule has 0 atom stereocenters. The van der Waals surface area contributed by atoms with Gasteiger partial charge in [-0.15, -0.1) is 0 Å².